The molecule has 0 saturated carbocycles. The molecule has 2 aromatic heterocycles. The van der Waals surface area contributed by atoms with Crippen molar-refractivity contribution in [2.24, 2.45) is 17.9 Å². The van der Waals surface area contributed by atoms with E-state index in [1.807, 2.05) is 29.8 Å². The topological polar surface area (TPSA) is 85.9 Å². The number of hydrogen-bond donors (Lipinski definition) is 1. The lowest BCUT2D eigenvalue weighted by Crippen LogP contribution is -2.33. The van der Waals surface area contributed by atoms with Gasteiger partial charge in [-0.2, -0.15) is 5.10 Å². The molecule has 8 nitrogen and oxygen atoms in total. The molecule has 0 radical (unpaired) electrons. The van der Waals surface area contributed by atoms with Crippen LogP contribution in [0, 0.1) is 6.57 Å². The van der Waals surface area contributed by atoms with Crippen LogP contribution in [0.15, 0.2) is 35.8 Å². The first-order chi connectivity index (χ1) is 14.9. The van der Waals surface area contributed by atoms with Crippen LogP contribution in [-0.4, -0.2) is 57.7 Å². The SMILES string of the molecule is [C-]#[N+]CCc1cc2c(C=NN(CCOC)C(N)=S)cc(-c3cncn3C)nc2cc1Cl. The highest BCUT2D eigenvalue weighted by atomic mass is 35.5. The summed E-state index contributed by atoms with van der Waals surface area (Å²) in [5, 5.41) is 7.58. The maximum atomic E-state index is 7.06. The zero-order valence-corrected chi connectivity index (χ0v) is 18.8. The van der Waals surface area contributed by atoms with Gasteiger partial charge in [-0.1, -0.05) is 11.6 Å². The highest BCUT2D eigenvalue weighted by Crippen LogP contribution is 2.29. The maximum absolute atomic E-state index is 7.06. The lowest BCUT2D eigenvalue weighted by Gasteiger charge is -2.16. The maximum Gasteiger partial charge on any atom is 0.218 e. The van der Waals surface area contributed by atoms with Crippen LogP contribution in [0.2, 0.25) is 5.02 Å². The molecule has 3 rings (SSSR count). The second-order valence-electron chi connectivity index (χ2n) is 6.78. The fourth-order valence-electron chi connectivity index (χ4n) is 3.06. The number of hydrogen-bond acceptors (Lipinski definition) is 5. The Morgan fingerprint density at radius 2 is 2.26 bits per heavy atom. The third-order valence-corrected chi connectivity index (χ3v) is 5.24. The second-order valence-corrected chi connectivity index (χ2v) is 7.60. The number of aromatic nitrogens is 3. The van der Waals surface area contributed by atoms with Gasteiger partial charge in [0.15, 0.2) is 5.11 Å². The predicted molar refractivity (Wildman–Crippen MR) is 127 cm³/mol. The standard InChI is InChI=1S/C21H22ClN7OS/c1-24-5-4-14-8-16-15(11-26-29(21(23)31)6-7-30-3)9-19(20-12-25-13-28(20)2)27-18(16)10-17(14)22/h8-13H,4-7H2,2-3H3,(H2,23,31). The van der Waals surface area contributed by atoms with Crippen LogP contribution < -0.4 is 5.73 Å². The molecule has 0 bridgehead atoms. The van der Waals surface area contributed by atoms with Gasteiger partial charge in [0.25, 0.3) is 0 Å². The number of halogens is 1. The molecule has 0 fully saturated rings. The van der Waals surface area contributed by atoms with E-state index < -0.39 is 0 Å². The highest BCUT2D eigenvalue weighted by molar-refractivity contribution is 7.80. The number of nitrogens with zero attached hydrogens (tertiary/aromatic N) is 6. The van der Waals surface area contributed by atoms with E-state index in [0.29, 0.717) is 31.1 Å². The first-order valence-corrected chi connectivity index (χ1v) is 10.3. The summed E-state index contributed by atoms with van der Waals surface area (Å²) in [5.41, 5.74) is 9.82. The van der Waals surface area contributed by atoms with Crippen LogP contribution in [-0.2, 0) is 18.2 Å². The zero-order valence-electron chi connectivity index (χ0n) is 17.2. The number of benzene rings is 1. The van der Waals surface area contributed by atoms with Crippen LogP contribution in [0.25, 0.3) is 27.1 Å². The van der Waals surface area contributed by atoms with Gasteiger partial charge in [-0.15, -0.1) is 0 Å². The minimum Gasteiger partial charge on any atom is -0.383 e. The average Bonchev–Trinajstić information content (AvgIpc) is 3.17. The third kappa shape index (κ3) is 5.35. The van der Waals surface area contributed by atoms with Crippen molar-refractivity contribution >= 4 is 46.0 Å². The quantitative estimate of drug-likeness (QED) is 0.243. The summed E-state index contributed by atoms with van der Waals surface area (Å²) in [5.74, 6) is 0. The summed E-state index contributed by atoms with van der Waals surface area (Å²) in [7, 11) is 3.51. The van der Waals surface area contributed by atoms with Crippen molar-refractivity contribution in [2.75, 3.05) is 26.8 Å². The van der Waals surface area contributed by atoms with E-state index in [0.717, 1.165) is 33.4 Å². The normalized spacial score (nSPS) is 11.2. The van der Waals surface area contributed by atoms with Gasteiger partial charge in [-0.3, -0.25) is 0 Å². The lowest BCUT2D eigenvalue weighted by atomic mass is 10.0. The van der Waals surface area contributed by atoms with E-state index in [2.05, 4.69) is 14.9 Å². The van der Waals surface area contributed by atoms with E-state index in [9.17, 15) is 0 Å². The first-order valence-electron chi connectivity index (χ1n) is 9.47. The van der Waals surface area contributed by atoms with E-state index in [1.165, 1.54) is 5.01 Å². The fraction of sp³-hybridized carbons (Fsp3) is 0.286. The van der Waals surface area contributed by atoms with Gasteiger partial charge >= 0.3 is 0 Å². The molecule has 31 heavy (non-hydrogen) atoms. The number of thiocarbonyl (C=S) groups is 1. The summed E-state index contributed by atoms with van der Waals surface area (Å²) in [6.45, 7) is 8.29. The Balaban J connectivity index is 2.14. The van der Waals surface area contributed by atoms with E-state index in [4.69, 9.17) is 45.8 Å². The smallest absolute Gasteiger partial charge is 0.218 e. The number of nitrogens with two attached hydrogens (primary N) is 1. The van der Waals surface area contributed by atoms with Crippen LogP contribution in [0.4, 0.5) is 0 Å². The minimum absolute atomic E-state index is 0.152. The molecule has 0 atom stereocenters. The summed E-state index contributed by atoms with van der Waals surface area (Å²) >= 11 is 11.6. The van der Waals surface area contributed by atoms with E-state index in [1.54, 1.807) is 25.8 Å². The van der Waals surface area contributed by atoms with Crippen molar-refractivity contribution in [3.63, 3.8) is 0 Å². The Hall–Kier alpha value is -3.06. The van der Waals surface area contributed by atoms with Crippen molar-refractivity contribution in [1.29, 1.82) is 0 Å². The van der Waals surface area contributed by atoms with E-state index >= 15 is 0 Å². The van der Waals surface area contributed by atoms with Crippen molar-refractivity contribution in [3.8, 4) is 11.4 Å². The number of ether oxygens (including phenoxy) is 1. The Kier molecular flexibility index (Phi) is 7.52. The Morgan fingerprint density at radius 3 is 2.90 bits per heavy atom. The van der Waals surface area contributed by atoms with Crippen molar-refractivity contribution in [1.82, 2.24) is 19.5 Å². The van der Waals surface area contributed by atoms with Gasteiger partial charge in [0, 0.05) is 36.6 Å². The van der Waals surface area contributed by atoms with Crippen molar-refractivity contribution in [2.45, 2.75) is 6.42 Å². The molecule has 0 spiro atoms. The molecule has 3 aromatic rings. The van der Waals surface area contributed by atoms with Gasteiger partial charge in [0.2, 0.25) is 6.54 Å². The molecule has 0 aliphatic heterocycles. The molecule has 1 aromatic carbocycles. The van der Waals surface area contributed by atoms with Crippen molar-refractivity contribution < 1.29 is 4.74 Å². The second kappa shape index (κ2) is 10.3. The number of fused-ring (bicyclic) bond motifs is 1. The van der Waals surface area contributed by atoms with Gasteiger partial charge in [0.1, 0.15) is 0 Å². The average molecular weight is 456 g/mol. The van der Waals surface area contributed by atoms with Crippen LogP contribution in [0.1, 0.15) is 11.1 Å². The van der Waals surface area contributed by atoms with Gasteiger partial charge in [-0.25, -0.2) is 21.5 Å². The van der Waals surface area contributed by atoms with Gasteiger partial charge in [0.05, 0.1) is 48.8 Å². The molecule has 0 saturated heterocycles. The molecular weight excluding hydrogens is 434 g/mol. The molecule has 0 amide bonds. The number of methoxy groups -OCH3 is 1. The number of aryl methyl sites for hydroxylation is 1. The zero-order chi connectivity index (χ0) is 22.4. The number of hydrazone groups is 1. The predicted octanol–water partition coefficient (Wildman–Crippen LogP) is 3.28. The Labute approximate surface area is 191 Å². The van der Waals surface area contributed by atoms with Crippen LogP contribution in [0.5, 0.6) is 0 Å². The summed E-state index contributed by atoms with van der Waals surface area (Å²) in [6.07, 6.45) is 5.73. The third-order valence-electron chi connectivity index (χ3n) is 4.68. The molecule has 10 heteroatoms. The summed E-state index contributed by atoms with van der Waals surface area (Å²) in [4.78, 5) is 12.4. The molecule has 0 aliphatic rings. The number of rotatable bonds is 8. The summed E-state index contributed by atoms with van der Waals surface area (Å²) < 4.78 is 6.99. The fourth-order valence-corrected chi connectivity index (χ4v) is 3.45. The van der Waals surface area contributed by atoms with Gasteiger partial charge < -0.3 is 19.9 Å². The molecule has 2 N–H and O–H groups in total. The first kappa shape index (κ1) is 22.6. The van der Waals surface area contributed by atoms with Crippen molar-refractivity contribution in [3.05, 3.63) is 58.3 Å². The Bertz CT molecular complexity index is 1170. The highest BCUT2D eigenvalue weighted by Gasteiger charge is 2.13. The molecule has 2 heterocycles. The number of pyridine rings is 1. The minimum atomic E-state index is 0.152. The number of imidazole rings is 1. The molecule has 160 valence electrons. The summed E-state index contributed by atoms with van der Waals surface area (Å²) in [6, 6.07) is 5.72. The molecular formula is C21H22ClN7OS. The van der Waals surface area contributed by atoms with E-state index in [-0.39, 0.29) is 5.11 Å². The monoisotopic (exact) mass is 455 g/mol. The molecule has 0 aliphatic carbocycles. The van der Waals surface area contributed by atoms with Crippen LogP contribution >= 0.6 is 23.8 Å². The van der Waals surface area contributed by atoms with Crippen LogP contribution in [0.3, 0.4) is 0 Å². The van der Waals surface area contributed by atoms with Gasteiger partial charge in [-0.05, 0) is 36.0 Å². The largest absolute Gasteiger partial charge is 0.383 e. The lowest BCUT2D eigenvalue weighted by molar-refractivity contribution is 0.178. The molecule has 0 unspecified atom stereocenters. The Morgan fingerprint density at radius 1 is 1.45 bits per heavy atom.